The molecule has 0 spiro atoms. The van der Waals surface area contributed by atoms with E-state index in [0.29, 0.717) is 5.78 Å². The maximum atomic E-state index is 12.8. The van der Waals surface area contributed by atoms with Crippen LogP contribution in [0.4, 0.5) is 0 Å². The molecule has 2 aliphatic rings. The zero-order chi connectivity index (χ0) is 13.9. The SMILES string of the molecule is COc1cccc2c1c(C(=O)C1CC3CC3C1)cn2C. The first-order chi connectivity index (χ1) is 9.69. The van der Waals surface area contributed by atoms with Gasteiger partial charge in [0, 0.05) is 24.7 Å². The molecule has 0 saturated heterocycles. The van der Waals surface area contributed by atoms with Gasteiger partial charge in [-0.3, -0.25) is 4.79 Å². The normalized spacial score (nSPS) is 27.6. The molecule has 0 bridgehead atoms. The molecule has 3 nitrogen and oxygen atoms in total. The van der Waals surface area contributed by atoms with Crippen LogP contribution < -0.4 is 4.74 Å². The number of aromatic nitrogens is 1. The fourth-order valence-corrected chi connectivity index (χ4v) is 3.92. The van der Waals surface area contributed by atoms with E-state index in [-0.39, 0.29) is 5.92 Å². The second kappa shape index (κ2) is 4.11. The second-order valence-corrected chi connectivity index (χ2v) is 6.30. The molecule has 2 aromatic rings. The number of Topliss-reactive ketones (excluding diaryl/α,β-unsaturated/α-hetero) is 1. The van der Waals surface area contributed by atoms with Crippen LogP contribution in [0.3, 0.4) is 0 Å². The Kier molecular flexibility index (Phi) is 2.47. The van der Waals surface area contributed by atoms with E-state index >= 15 is 0 Å². The van der Waals surface area contributed by atoms with Crippen LogP contribution in [0, 0.1) is 17.8 Å². The standard InChI is InChI=1S/C17H19NO2/c1-18-9-13(16-14(18)4-3-5-15(16)20-2)17(19)12-7-10-6-11(10)8-12/h3-5,9-12H,6-8H2,1-2H3. The number of ether oxygens (including phenoxy) is 1. The average molecular weight is 269 g/mol. The number of carbonyl (C=O) groups is 1. The summed E-state index contributed by atoms with van der Waals surface area (Å²) in [6, 6.07) is 5.95. The van der Waals surface area contributed by atoms with Gasteiger partial charge in [0.1, 0.15) is 5.75 Å². The summed E-state index contributed by atoms with van der Waals surface area (Å²) in [7, 11) is 3.66. The van der Waals surface area contributed by atoms with Gasteiger partial charge in [-0.15, -0.1) is 0 Å². The average Bonchev–Trinajstić information content (AvgIpc) is 2.93. The molecule has 0 radical (unpaired) electrons. The predicted molar refractivity (Wildman–Crippen MR) is 78.1 cm³/mol. The van der Waals surface area contributed by atoms with E-state index in [2.05, 4.69) is 0 Å². The Morgan fingerprint density at radius 1 is 1.25 bits per heavy atom. The van der Waals surface area contributed by atoms with Gasteiger partial charge in [-0.1, -0.05) is 6.07 Å². The van der Waals surface area contributed by atoms with E-state index in [1.54, 1.807) is 7.11 Å². The first-order valence-corrected chi connectivity index (χ1v) is 7.35. The van der Waals surface area contributed by atoms with Crippen molar-refractivity contribution in [1.82, 2.24) is 4.57 Å². The lowest BCUT2D eigenvalue weighted by atomic mass is 9.93. The lowest BCUT2D eigenvalue weighted by Gasteiger charge is -2.10. The fraction of sp³-hybridized carbons (Fsp3) is 0.471. The number of rotatable bonds is 3. The van der Waals surface area contributed by atoms with Crippen LogP contribution in [0.2, 0.25) is 0 Å². The van der Waals surface area contributed by atoms with Gasteiger partial charge < -0.3 is 9.30 Å². The molecule has 20 heavy (non-hydrogen) atoms. The molecule has 2 unspecified atom stereocenters. The van der Waals surface area contributed by atoms with E-state index < -0.39 is 0 Å². The summed E-state index contributed by atoms with van der Waals surface area (Å²) in [6.45, 7) is 0. The highest BCUT2D eigenvalue weighted by Crippen LogP contribution is 2.55. The number of nitrogens with zero attached hydrogens (tertiary/aromatic N) is 1. The van der Waals surface area contributed by atoms with Gasteiger partial charge >= 0.3 is 0 Å². The van der Waals surface area contributed by atoms with Crippen LogP contribution in [-0.4, -0.2) is 17.5 Å². The van der Waals surface area contributed by atoms with E-state index in [1.807, 2.05) is 36.0 Å². The van der Waals surface area contributed by atoms with Gasteiger partial charge in [0.05, 0.1) is 18.0 Å². The number of carbonyl (C=O) groups excluding carboxylic acids is 1. The van der Waals surface area contributed by atoms with Crippen molar-refractivity contribution in [3.05, 3.63) is 30.0 Å². The number of ketones is 1. The Labute approximate surface area is 118 Å². The van der Waals surface area contributed by atoms with Crippen LogP contribution in [0.5, 0.6) is 5.75 Å². The van der Waals surface area contributed by atoms with E-state index in [1.165, 1.54) is 6.42 Å². The van der Waals surface area contributed by atoms with Gasteiger partial charge in [-0.25, -0.2) is 0 Å². The Morgan fingerprint density at radius 2 is 2.00 bits per heavy atom. The Balaban J connectivity index is 1.80. The van der Waals surface area contributed by atoms with E-state index in [0.717, 1.165) is 46.9 Å². The third-order valence-corrected chi connectivity index (χ3v) is 5.08. The van der Waals surface area contributed by atoms with E-state index in [4.69, 9.17) is 4.74 Å². The number of benzene rings is 1. The summed E-state index contributed by atoms with van der Waals surface area (Å²) >= 11 is 0. The zero-order valence-electron chi connectivity index (χ0n) is 11.9. The molecule has 3 heteroatoms. The molecule has 2 saturated carbocycles. The Hall–Kier alpha value is -1.77. The molecular weight excluding hydrogens is 250 g/mol. The molecule has 0 aliphatic heterocycles. The summed E-state index contributed by atoms with van der Waals surface area (Å²) in [5.74, 6) is 3.01. The van der Waals surface area contributed by atoms with E-state index in [9.17, 15) is 4.79 Å². The van der Waals surface area contributed by atoms with Crippen LogP contribution in [0.25, 0.3) is 10.9 Å². The predicted octanol–water partition coefficient (Wildman–Crippen LogP) is 3.42. The number of fused-ring (bicyclic) bond motifs is 2. The van der Waals surface area contributed by atoms with Crippen LogP contribution in [0.1, 0.15) is 29.6 Å². The molecule has 2 fully saturated rings. The highest BCUT2D eigenvalue weighted by Gasteiger charge is 2.48. The summed E-state index contributed by atoms with van der Waals surface area (Å²) < 4.78 is 7.49. The molecule has 1 aromatic carbocycles. The Bertz CT molecular complexity index is 690. The fourth-order valence-electron chi connectivity index (χ4n) is 3.92. The summed E-state index contributed by atoms with van der Waals surface area (Å²) in [5, 5.41) is 0.975. The summed E-state index contributed by atoms with van der Waals surface area (Å²) in [6.07, 6.45) is 5.51. The van der Waals surface area contributed by atoms with Crippen molar-refractivity contribution in [2.75, 3.05) is 7.11 Å². The lowest BCUT2D eigenvalue weighted by molar-refractivity contribution is 0.0916. The van der Waals surface area contributed by atoms with Crippen LogP contribution in [-0.2, 0) is 7.05 Å². The molecule has 104 valence electrons. The third kappa shape index (κ3) is 1.62. The Morgan fingerprint density at radius 3 is 2.70 bits per heavy atom. The summed E-state index contributed by atoms with van der Waals surface area (Å²) in [5.41, 5.74) is 1.90. The van der Waals surface area contributed by atoms with Crippen molar-refractivity contribution in [3.63, 3.8) is 0 Å². The van der Waals surface area contributed by atoms with Crippen LogP contribution in [0.15, 0.2) is 24.4 Å². The van der Waals surface area contributed by atoms with Gasteiger partial charge in [0.2, 0.25) is 0 Å². The minimum Gasteiger partial charge on any atom is -0.496 e. The largest absolute Gasteiger partial charge is 0.496 e. The van der Waals surface area contributed by atoms with Gasteiger partial charge in [-0.2, -0.15) is 0 Å². The van der Waals surface area contributed by atoms with Crippen molar-refractivity contribution in [2.24, 2.45) is 24.8 Å². The maximum Gasteiger partial charge on any atom is 0.168 e. The minimum atomic E-state index is 0.231. The number of aryl methyl sites for hydroxylation is 1. The minimum absolute atomic E-state index is 0.231. The smallest absolute Gasteiger partial charge is 0.168 e. The first kappa shape index (κ1) is 12.0. The molecule has 4 rings (SSSR count). The van der Waals surface area contributed by atoms with Gasteiger partial charge in [-0.05, 0) is 43.2 Å². The quantitative estimate of drug-likeness (QED) is 0.799. The van der Waals surface area contributed by atoms with Crippen molar-refractivity contribution in [3.8, 4) is 5.75 Å². The third-order valence-electron chi connectivity index (χ3n) is 5.08. The highest BCUT2D eigenvalue weighted by molar-refractivity contribution is 6.11. The highest BCUT2D eigenvalue weighted by atomic mass is 16.5. The number of methoxy groups -OCH3 is 1. The number of hydrogen-bond donors (Lipinski definition) is 0. The topological polar surface area (TPSA) is 31.2 Å². The monoisotopic (exact) mass is 269 g/mol. The lowest BCUT2D eigenvalue weighted by Crippen LogP contribution is -2.12. The second-order valence-electron chi connectivity index (χ2n) is 6.30. The molecule has 2 aliphatic carbocycles. The molecule has 0 N–H and O–H groups in total. The molecule has 2 atom stereocenters. The molecule has 1 heterocycles. The van der Waals surface area contributed by atoms with Crippen molar-refractivity contribution >= 4 is 16.7 Å². The number of hydrogen-bond acceptors (Lipinski definition) is 2. The van der Waals surface area contributed by atoms with Crippen molar-refractivity contribution in [1.29, 1.82) is 0 Å². The zero-order valence-corrected chi connectivity index (χ0v) is 11.9. The van der Waals surface area contributed by atoms with Crippen molar-refractivity contribution in [2.45, 2.75) is 19.3 Å². The molecule has 1 aromatic heterocycles. The molecule has 0 amide bonds. The summed E-state index contributed by atoms with van der Waals surface area (Å²) in [4.78, 5) is 12.8. The van der Waals surface area contributed by atoms with Crippen LogP contribution >= 0.6 is 0 Å². The van der Waals surface area contributed by atoms with Crippen molar-refractivity contribution < 1.29 is 9.53 Å². The molecular formula is C17H19NO2. The van der Waals surface area contributed by atoms with Gasteiger partial charge in [0.25, 0.3) is 0 Å². The maximum absolute atomic E-state index is 12.8. The first-order valence-electron chi connectivity index (χ1n) is 7.35. The van der Waals surface area contributed by atoms with Gasteiger partial charge in [0.15, 0.2) is 5.78 Å².